The van der Waals surface area contributed by atoms with Gasteiger partial charge in [0.25, 0.3) is 0 Å². The molecule has 0 bridgehead atoms. The molecule has 1 aromatic rings. The number of hydrogen-bond acceptors (Lipinski definition) is 4. The molecule has 0 aliphatic heterocycles. The predicted octanol–water partition coefficient (Wildman–Crippen LogP) is 1.92. The lowest BCUT2D eigenvalue weighted by molar-refractivity contribution is -0.140. The van der Waals surface area contributed by atoms with Gasteiger partial charge in [-0.1, -0.05) is 25.1 Å². The fourth-order valence-electron chi connectivity index (χ4n) is 1.67. The highest BCUT2D eigenvalue weighted by molar-refractivity contribution is 5.73. The molecule has 0 aromatic heterocycles. The Kier molecular flexibility index (Phi) is 8.42. The first-order valence-corrected chi connectivity index (χ1v) is 6.95. The van der Waals surface area contributed by atoms with Crippen LogP contribution < -0.4 is 10.1 Å². The molecule has 0 amide bonds. The number of aliphatic carboxylic acids is 1. The number of nitrogens with one attached hydrogen (secondary N) is 1. The smallest absolute Gasteiger partial charge is 0.320 e. The molecule has 20 heavy (non-hydrogen) atoms. The second-order valence-corrected chi connectivity index (χ2v) is 4.41. The van der Waals surface area contributed by atoms with Gasteiger partial charge in [-0.25, -0.2) is 0 Å². The van der Waals surface area contributed by atoms with Gasteiger partial charge < -0.3 is 19.9 Å². The van der Waals surface area contributed by atoms with Crippen LogP contribution in [0.1, 0.15) is 19.8 Å². The quantitative estimate of drug-likeness (QED) is 0.607. The van der Waals surface area contributed by atoms with Crippen molar-refractivity contribution in [1.29, 1.82) is 0 Å². The fourth-order valence-corrected chi connectivity index (χ4v) is 1.67. The Bertz CT molecular complexity index is 369. The standard InChI is InChI=1S/C15H23NO4/c1-2-9-16-14(15(17)18)8-10-19-11-12-20-13-6-4-3-5-7-13/h3-7,14,16H,2,8-12H2,1H3,(H,17,18). The van der Waals surface area contributed by atoms with E-state index in [0.717, 1.165) is 12.2 Å². The normalized spacial score (nSPS) is 12.1. The SMILES string of the molecule is CCCNC(CCOCCOc1ccccc1)C(=O)O. The maximum absolute atomic E-state index is 11.0. The van der Waals surface area contributed by atoms with Gasteiger partial charge >= 0.3 is 5.97 Å². The number of hydrogen-bond donors (Lipinski definition) is 2. The van der Waals surface area contributed by atoms with Crippen molar-refractivity contribution in [2.45, 2.75) is 25.8 Å². The molecule has 0 spiro atoms. The summed E-state index contributed by atoms with van der Waals surface area (Å²) in [5.41, 5.74) is 0. The third kappa shape index (κ3) is 7.11. The molecule has 0 heterocycles. The number of rotatable bonds is 11. The Morgan fingerprint density at radius 1 is 1.25 bits per heavy atom. The van der Waals surface area contributed by atoms with Crippen LogP contribution in [0.25, 0.3) is 0 Å². The summed E-state index contributed by atoms with van der Waals surface area (Å²) >= 11 is 0. The minimum Gasteiger partial charge on any atom is -0.491 e. The summed E-state index contributed by atoms with van der Waals surface area (Å²) in [6.45, 7) is 4.03. The van der Waals surface area contributed by atoms with Gasteiger partial charge in [0.05, 0.1) is 6.61 Å². The van der Waals surface area contributed by atoms with Gasteiger partial charge in [0, 0.05) is 6.61 Å². The van der Waals surface area contributed by atoms with Gasteiger partial charge in [-0.15, -0.1) is 0 Å². The van der Waals surface area contributed by atoms with E-state index >= 15 is 0 Å². The molecule has 1 aromatic carbocycles. The van der Waals surface area contributed by atoms with Crippen LogP contribution >= 0.6 is 0 Å². The van der Waals surface area contributed by atoms with Crippen LogP contribution in [0.15, 0.2) is 30.3 Å². The molecule has 0 radical (unpaired) electrons. The van der Waals surface area contributed by atoms with E-state index in [1.165, 1.54) is 0 Å². The van der Waals surface area contributed by atoms with Gasteiger partial charge in [0.2, 0.25) is 0 Å². The number of carbonyl (C=O) groups is 1. The molecule has 5 heteroatoms. The van der Waals surface area contributed by atoms with E-state index in [0.29, 0.717) is 32.8 Å². The lowest BCUT2D eigenvalue weighted by atomic mass is 10.2. The van der Waals surface area contributed by atoms with E-state index in [1.54, 1.807) is 0 Å². The van der Waals surface area contributed by atoms with E-state index in [-0.39, 0.29) is 0 Å². The lowest BCUT2D eigenvalue weighted by Crippen LogP contribution is -2.38. The van der Waals surface area contributed by atoms with Gasteiger partial charge in [0.15, 0.2) is 0 Å². The zero-order valence-corrected chi connectivity index (χ0v) is 11.9. The van der Waals surface area contributed by atoms with Gasteiger partial charge in [0.1, 0.15) is 18.4 Å². The minimum absolute atomic E-state index is 0.409. The average Bonchev–Trinajstić information content (AvgIpc) is 2.46. The Balaban J connectivity index is 2.07. The molecule has 0 aliphatic rings. The van der Waals surface area contributed by atoms with E-state index < -0.39 is 12.0 Å². The first-order chi connectivity index (χ1) is 9.74. The van der Waals surface area contributed by atoms with Gasteiger partial charge in [-0.3, -0.25) is 4.79 Å². The molecule has 0 aliphatic carbocycles. The molecule has 0 fully saturated rings. The zero-order valence-electron chi connectivity index (χ0n) is 11.9. The highest BCUT2D eigenvalue weighted by Crippen LogP contribution is 2.07. The Hall–Kier alpha value is -1.59. The van der Waals surface area contributed by atoms with Crippen LogP contribution in [0, 0.1) is 0 Å². The van der Waals surface area contributed by atoms with Crippen molar-refractivity contribution in [3.8, 4) is 5.75 Å². The molecule has 0 saturated heterocycles. The zero-order chi connectivity index (χ0) is 14.6. The van der Waals surface area contributed by atoms with Crippen molar-refractivity contribution in [3.63, 3.8) is 0 Å². The van der Waals surface area contributed by atoms with Crippen LogP contribution in [0.4, 0.5) is 0 Å². The average molecular weight is 281 g/mol. The summed E-state index contributed by atoms with van der Waals surface area (Å²) in [7, 11) is 0. The van der Waals surface area contributed by atoms with Crippen LogP contribution in [0.5, 0.6) is 5.75 Å². The fraction of sp³-hybridized carbons (Fsp3) is 0.533. The summed E-state index contributed by atoms with van der Waals surface area (Å²) in [6, 6.07) is 8.98. The molecular formula is C15H23NO4. The largest absolute Gasteiger partial charge is 0.491 e. The van der Waals surface area contributed by atoms with Crippen molar-refractivity contribution < 1.29 is 19.4 Å². The predicted molar refractivity (Wildman–Crippen MR) is 77.1 cm³/mol. The summed E-state index contributed by atoms with van der Waals surface area (Å²) in [5.74, 6) is -0.0216. The van der Waals surface area contributed by atoms with E-state index in [1.807, 2.05) is 37.3 Å². The summed E-state index contributed by atoms with van der Waals surface area (Å²) in [6.07, 6.45) is 1.37. The second-order valence-electron chi connectivity index (χ2n) is 4.41. The van der Waals surface area contributed by atoms with Crippen molar-refractivity contribution in [3.05, 3.63) is 30.3 Å². The Labute approximate surface area is 119 Å². The van der Waals surface area contributed by atoms with Gasteiger partial charge in [-0.2, -0.15) is 0 Å². The summed E-state index contributed by atoms with van der Waals surface area (Å²) in [5, 5.41) is 12.0. The molecule has 1 unspecified atom stereocenters. The molecule has 5 nitrogen and oxygen atoms in total. The van der Waals surface area contributed by atoms with E-state index in [9.17, 15) is 4.79 Å². The number of carboxylic acids is 1. The molecular weight excluding hydrogens is 258 g/mol. The molecule has 1 rings (SSSR count). The van der Waals surface area contributed by atoms with Crippen molar-refractivity contribution >= 4 is 5.97 Å². The molecule has 2 N–H and O–H groups in total. The number of para-hydroxylation sites is 1. The third-order valence-corrected chi connectivity index (χ3v) is 2.73. The van der Waals surface area contributed by atoms with Crippen LogP contribution in [0.2, 0.25) is 0 Å². The number of benzene rings is 1. The highest BCUT2D eigenvalue weighted by atomic mass is 16.5. The Morgan fingerprint density at radius 2 is 2.00 bits per heavy atom. The maximum atomic E-state index is 11.0. The van der Waals surface area contributed by atoms with Crippen molar-refractivity contribution in [2.75, 3.05) is 26.4 Å². The van der Waals surface area contributed by atoms with Crippen LogP contribution in [-0.2, 0) is 9.53 Å². The van der Waals surface area contributed by atoms with Crippen LogP contribution in [-0.4, -0.2) is 43.5 Å². The third-order valence-electron chi connectivity index (χ3n) is 2.73. The van der Waals surface area contributed by atoms with Crippen LogP contribution in [0.3, 0.4) is 0 Å². The van der Waals surface area contributed by atoms with Crippen molar-refractivity contribution in [1.82, 2.24) is 5.32 Å². The monoisotopic (exact) mass is 281 g/mol. The topological polar surface area (TPSA) is 67.8 Å². The van der Waals surface area contributed by atoms with Gasteiger partial charge in [-0.05, 0) is 31.5 Å². The maximum Gasteiger partial charge on any atom is 0.320 e. The second kappa shape index (κ2) is 10.2. The molecule has 1 atom stereocenters. The number of carboxylic acid groups (broad SMARTS) is 1. The van der Waals surface area contributed by atoms with Crippen molar-refractivity contribution in [2.24, 2.45) is 0 Å². The molecule has 0 saturated carbocycles. The molecule has 112 valence electrons. The van der Waals surface area contributed by atoms with E-state index in [4.69, 9.17) is 14.6 Å². The summed E-state index contributed by atoms with van der Waals surface area (Å²) in [4.78, 5) is 11.0. The summed E-state index contributed by atoms with van der Waals surface area (Å²) < 4.78 is 10.9. The first-order valence-electron chi connectivity index (χ1n) is 6.95. The van der Waals surface area contributed by atoms with E-state index in [2.05, 4.69) is 5.32 Å². The first kappa shape index (κ1) is 16.5. The minimum atomic E-state index is -0.831. The number of ether oxygens (including phenoxy) is 2. The highest BCUT2D eigenvalue weighted by Gasteiger charge is 2.15. The lowest BCUT2D eigenvalue weighted by Gasteiger charge is -2.14. The Morgan fingerprint density at radius 3 is 2.65 bits per heavy atom.